The number of aromatic nitrogens is 1. The Morgan fingerprint density at radius 3 is 2.55 bits per heavy atom. The first-order valence-electron chi connectivity index (χ1n) is 14.2. The Hall–Kier alpha value is -4.14. The van der Waals surface area contributed by atoms with Crippen LogP contribution in [0.5, 0.6) is 0 Å². The number of hydrogen-bond donors (Lipinski definition) is 2. The molecule has 0 spiro atoms. The summed E-state index contributed by atoms with van der Waals surface area (Å²) in [6.45, 7) is 5.26. The highest BCUT2D eigenvalue weighted by Gasteiger charge is 2.34. The lowest BCUT2D eigenvalue weighted by Gasteiger charge is -2.28. The van der Waals surface area contributed by atoms with Crippen LogP contribution in [0.3, 0.4) is 0 Å². The highest BCUT2D eigenvalue weighted by molar-refractivity contribution is 6.04. The largest absolute Gasteiger partial charge is 0.396 e. The molecule has 0 bridgehead atoms. The molecule has 1 fully saturated rings. The SMILES string of the molecule is COCC(C)(C)c1c(-c2ccc(C(=O)N[C@H]3C[C@@H](CO)CC3=O)cc2)c2cc3c(cc2n1-c1ccc(F)cc1)C=NC3. The van der Waals surface area contributed by atoms with E-state index in [1.165, 1.54) is 12.1 Å². The van der Waals surface area contributed by atoms with E-state index in [9.17, 15) is 19.1 Å². The number of amides is 1. The quantitative estimate of drug-likeness (QED) is 0.300. The average Bonchev–Trinajstić information content (AvgIpc) is 3.67. The number of rotatable bonds is 8. The number of carbonyl (C=O) groups excluding carboxylic acids is 2. The second-order valence-corrected chi connectivity index (χ2v) is 11.9. The van der Waals surface area contributed by atoms with Crippen molar-refractivity contribution >= 4 is 28.8 Å². The topological polar surface area (TPSA) is 92.9 Å². The number of benzene rings is 3. The minimum atomic E-state index is -0.575. The number of methoxy groups -OCH3 is 1. The summed E-state index contributed by atoms with van der Waals surface area (Å²) in [7, 11) is 1.68. The van der Waals surface area contributed by atoms with Crippen LogP contribution in [0.15, 0.2) is 65.7 Å². The summed E-state index contributed by atoms with van der Waals surface area (Å²) in [4.78, 5) is 29.8. The van der Waals surface area contributed by atoms with Crippen molar-refractivity contribution in [2.75, 3.05) is 20.3 Å². The minimum Gasteiger partial charge on any atom is -0.396 e. The molecule has 1 amide bonds. The number of aliphatic hydroxyl groups excluding tert-OH is 1. The second kappa shape index (κ2) is 10.9. The van der Waals surface area contributed by atoms with Gasteiger partial charge in [-0.25, -0.2) is 4.39 Å². The molecule has 0 unspecified atom stereocenters. The minimum absolute atomic E-state index is 0.0471. The van der Waals surface area contributed by atoms with Crippen LogP contribution >= 0.6 is 0 Å². The number of nitrogens with zero attached hydrogens (tertiary/aromatic N) is 2. The molecule has 1 aromatic heterocycles. The number of halogens is 1. The number of nitrogens with one attached hydrogen (secondary N) is 1. The van der Waals surface area contributed by atoms with Crippen molar-refractivity contribution in [2.45, 2.75) is 44.7 Å². The van der Waals surface area contributed by atoms with Crippen LogP contribution in [0, 0.1) is 11.7 Å². The number of ether oxygens (including phenoxy) is 1. The van der Waals surface area contributed by atoms with E-state index in [1.54, 1.807) is 31.4 Å². The zero-order valence-corrected chi connectivity index (χ0v) is 24.0. The van der Waals surface area contributed by atoms with Crippen LogP contribution in [0.25, 0.3) is 27.7 Å². The van der Waals surface area contributed by atoms with Crippen molar-refractivity contribution in [3.05, 3.63) is 88.9 Å². The normalized spacial score (nSPS) is 18.2. The van der Waals surface area contributed by atoms with Gasteiger partial charge in [-0.2, -0.15) is 0 Å². The monoisotopic (exact) mass is 567 g/mol. The van der Waals surface area contributed by atoms with Crippen LogP contribution in [-0.4, -0.2) is 53.9 Å². The molecule has 1 saturated carbocycles. The van der Waals surface area contributed by atoms with E-state index in [4.69, 9.17) is 4.74 Å². The molecule has 0 radical (unpaired) electrons. The number of fused-ring (bicyclic) bond motifs is 2. The zero-order chi connectivity index (χ0) is 29.6. The molecule has 3 aromatic carbocycles. The predicted octanol–water partition coefficient (Wildman–Crippen LogP) is 5.36. The highest BCUT2D eigenvalue weighted by Crippen LogP contribution is 2.44. The third-order valence-corrected chi connectivity index (χ3v) is 8.40. The summed E-state index contributed by atoms with van der Waals surface area (Å²) in [6, 6.07) is 17.7. The molecule has 1 aliphatic carbocycles. The zero-order valence-electron chi connectivity index (χ0n) is 24.0. The lowest BCUT2D eigenvalue weighted by Crippen LogP contribution is -2.37. The van der Waals surface area contributed by atoms with E-state index in [1.807, 2.05) is 18.3 Å². The van der Waals surface area contributed by atoms with Crippen LogP contribution in [0.1, 0.15) is 53.9 Å². The van der Waals surface area contributed by atoms with Gasteiger partial charge >= 0.3 is 0 Å². The van der Waals surface area contributed by atoms with Crippen molar-refractivity contribution in [1.29, 1.82) is 0 Å². The van der Waals surface area contributed by atoms with Crippen molar-refractivity contribution in [2.24, 2.45) is 10.9 Å². The van der Waals surface area contributed by atoms with E-state index in [0.29, 0.717) is 25.1 Å². The summed E-state index contributed by atoms with van der Waals surface area (Å²) in [5, 5.41) is 13.3. The first kappa shape index (κ1) is 28.0. The van der Waals surface area contributed by atoms with Crippen molar-refractivity contribution in [3.8, 4) is 16.8 Å². The van der Waals surface area contributed by atoms with Gasteiger partial charge in [0.2, 0.25) is 0 Å². The first-order valence-corrected chi connectivity index (χ1v) is 14.2. The molecule has 2 aliphatic rings. The number of aliphatic hydroxyl groups is 1. The standard InChI is InChI=1S/C34H34FN3O4/c1-34(2,19-42-3)32-31(21-4-6-22(7-5-21)33(41)37-28-12-20(18-39)13-30(28)40)27-14-23-16-36-17-24(23)15-29(27)38(32)26-10-8-25(35)9-11-26/h4-11,14-15,17,20,28,39H,12-13,16,18-19H2,1-3H3,(H,37,41)/t20-,28+/m1/s1. The maximum absolute atomic E-state index is 14.0. The summed E-state index contributed by atoms with van der Waals surface area (Å²) in [5.41, 5.74) is 6.95. The van der Waals surface area contributed by atoms with Crippen LogP contribution in [0.4, 0.5) is 4.39 Å². The third kappa shape index (κ3) is 4.95. The van der Waals surface area contributed by atoms with Crippen molar-refractivity contribution < 1.29 is 23.8 Å². The Balaban J connectivity index is 1.49. The van der Waals surface area contributed by atoms with Gasteiger partial charge in [0.25, 0.3) is 5.91 Å². The number of carbonyl (C=O) groups is 2. The van der Waals surface area contributed by atoms with Gasteiger partial charge in [-0.3, -0.25) is 14.6 Å². The second-order valence-electron chi connectivity index (χ2n) is 11.9. The molecule has 0 saturated heterocycles. The summed E-state index contributed by atoms with van der Waals surface area (Å²) in [5.74, 6) is -0.776. The Morgan fingerprint density at radius 1 is 1.14 bits per heavy atom. The van der Waals surface area contributed by atoms with Gasteiger partial charge in [0, 0.05) is 59.7 Å². The van der Waals surface area contributed by atoms with Crippen molar-refractivity contribution in [3.63, 3.8) is 0 Å². The lowest BCUT2D eigenvalue weighted by atomic mass is 9.84. The fraction of sp³-hybridized carbons (Fsp3) is 0.324. The maximum Gasteiger partial charge on any atom is 0.251 e. The van der Waals surface area contributed by atoms with Crippen LogP contribution in [0.2, 0.25) is 0 Å². The smallest absolute Gasteiger partial charge is 0.251 e. The maximum atomic E-state index is 14.0. The molecule has 2 N–H and O–H groups in total. The Morgan fingerprint density at radius 2 is 1.88 bits per heavy atom. The third-order valence-electron chi connectivity index (χ3n) is 8.40. The summed E-state index contributed by atoms with van der Waals surface area (Å²) in [6.07, 6.45) is 2.63. The Kier molecular flexibility index (Phi) is 7.29. The van der Waals surface area contributed by atoms with Crippen LogP contribution in [-0.2, 0) is 21.5 Å². The molecule has 2 heterocycles. The first-order chi connectivity index (χ1) is 20.2. The van der Waals surface area contributed by atoms with Gasteiger partial charge in [-0.05, 0) is 77.6 Å². The molecular formula is C34H34FN3O4. The Bertz CT molecular complexity index is 1700. The number of Topliss-reactive ketones (excluding diaryl/α,β-unsaturated/α-hetero) is 1. The number of ketones is 1. The summed E-state index contributed by atoms with van der Waals surface area (Å²) >= 11 is 0. The highest BCUT2D eigenvalue weighted by atomic mass is 19.1. The van der Waals surface area contributed by atoms with Gasteiger partial charge in [0.05, 0.1) is 24.7 Å². The number of aliphatic imine (C=N–C) groups is 1. The van der Waals surface area contributed by atoms with E-state index in [-0.39, 0.29) is 36.5 Å². The van der Waals surface area contributed by atoms with E-state index in [0.717, 1.165) is 44.5 Å². The summed E-state index contributed by atoms with van der Waals surface area (Å²) < 4.78 is 21.9. The fourth-order valence-electron chi connectivity index (χ4n) is 6.40. The van der Waals surface area contributed by atoms with Crippen molar-refractivity contribution in [1.82, 2.24) is 9.88 Å². The predicted molar refractivity (Wildman–Crippen MR) is 161 cm³/mol. The van der Waals surface area contributed by atoms with E-state index < -0.39 is 11.5 Å². The van der Waals surface area contributed by atoms with Gasteiger partial charge in [-0.15, -0.1) is 0 Å². The molecule has 1 aliphatic heterocycles. The molecule has 2 atom stereocenters. The molecule has 4 aromatic rings. The molecule has 42 heavy (non-hydrogen) atoms. The van der Waals surface area contributed by atoms with E-state index in [2.05, 4.69) is 40.9 Å². The Labute approximate surface area is 244 Å². The molecule has 8 heteroatoms. The van der Waals surface area contributed by atoms with Crippen LogP contribution < -0.4 is 5.32 Å². The molecule has 6 rings (SSSR count). The van der Waals surface area contributed by atoms with Gasteiger partial charge < -0.3 is 19.7 Å². The lowest BCUT2D eigenvalue weighted by molar-refractivity contribution is -0.119. The fourth-order valence-corrected chi connectivity index (χ4v) is 6.40. The number of hydrogen-bond acceptors (Lipinski definition) is 5. The molecular weight excluding hydrogens is 533 g/mol. The van der Waals surface area contributed by atoms with Gasteiger partial charge in [0.15, 0.2) is 5.78 Å². The molecule has 216 valence electrons. The van der Waals surface area contributed by atoms with E-state index >= 15 is 0 Å². The van der Waals surface area contributed by atoms with Gasteiger partial charge in [-0.1, -0.05) is 26.0 Å². The molecule has 7 nitrogen and oxygen atoms in total. The average molecular weight is 568 g/mol. The van der Waals surface area contributed by atoms with Gasteiger partial charge in [0.1, 0.15) is 5.82 Å².